The number of aromatic nitrogens is 2. The predicted octanol–water partition coefficient (Wildman–Crippen LogP) is 3.39. The van der Waals surface area contributed by atoms with Gasteiger partial charge in [0.2, 0.25) is 5.88 Å². The second-order valence-electron chi connectivity index (χ2n) is 6.45. The van der Waals surface area contributed by atoms with E-state index in [1.165, 1.54) is 36.4 Å². The van der Waals surface area contributed by atoms with Crippen molar-refractivity contribution in [3.63, 3.8) is 0 Å². The monoisotopic (exact) mass is 381 g/mol. The van der Waals surface area contributed by atoms with E-state index in [9.17, 15) is 14.0 Å². The van der Waals surface area contributed by atoms with Crippen LogP contribution in [0.15, 0.2) is 59.4 Å². The molecular weight excluding hydrogens is 361 g/mol. The Bertz CT molecular complexity index is 1060. The SMILES string of the molecule is Cc1ccc(NC(=O)[C@H](C)Oc2ccc(=O)n(-c3ccc(F)cc3)n2)cc1C. The van der Waals surface area contributed by atoms with E-state index < -0.39 is 17.5 Å². The van der Waals surface area contributed by atoms with E-state index in [-0.39, 0.29) is 11.8 Å². The van der Waals surface area contributed by atoms with Crippen LogP contribution in [0.4, 0.5) is 10.1 Å². The van der Waals surface area contributed by atoms with Crippen molar-refractivity contribution in [3.8, 4) is 11.6 Å². The summed E-state index contributed by atoms with van der Waals surface area (Å²) in [6, 6.07) is 13.6. The zero-order chi connectivity index (χ0) is 20.3. The van der Waals surface area contributed by atoms with Gasteiger partial charge in [-0.25, -0.2) is 4.39 Å². The smallest absolute Gasteiger partial charge is 0.271 e. The molecule has 0 spiro atoms. The highest BCUT2D eigenvalue weighted by Gasteiger charge is 2.16. The van der Waals surface area contributed by atoms with E-state index in [1.807, 2.05) is 32.0 Å². The van der Waals surface area contributed by atoms with Crippen LogP contribution in [0.25, 0.3) is 5.69 Å². The molecule has 144 valence electrons. The summed E-state index contributed by atoms with van der Waals surface area (Å²) in [5.74, 6) is -0.655. The summed E-state index contributed by atoms with van der Waals surface area (Å²) in [5.41, 5.74) is 2.87. The number of aryl methyl sites for hydroxylation is 2. The number of amides is 1. The van der Waals surface area contributed by atoms with Gasteiger partial charge in [-0.15, -0.1) is 5.10 Å². The van der Waals surface area contributed by atoms with Gasteiger partial charge in [-0.1, -0.05) is 6.07 Å². The van der Waals surface area contributed by atoms with Crippen LogP contribution in [-0.4, -0.2) is 21.8 Å². The minimum atomic E-state index is -0.840. The van der Waals surface area contributed by atoms with Crippen LogP contribution < -0.4 is 15.6 Å². The highest BCUT2D eigenvalue weighted by molar-refractivity contribution is 5.94. The van der Waals surface area contributed by atoms with Crippen molar-refractivity contribution in [1.29, 1.82) is 0 Å². The van der Waals surface area contributed by atoms with Crippen molar-refractivity contribution in [2.24, 2.45) is 0 Å². The van der Waals surface area contributed by atoms with Crippen molar-refractivity contribution in [1.82, 2.24) is 9.78 Å². The lowest BCUT2D eigenvalue weighted by Gasteiger charge is -2.15. The van der Waals surface area contributed by atoms with E-state index in [1.54, 1.807) is 6.92 Å². The first-order valence-corrected chi connectivity index (χ1v) is 8.74. The maximum Gasteiger partial charge on any atom is 0.271 e. The number of carbonyl (C=O) groups is 1. The number of hydrogen-bond acceptors (Lipinski definition) is 4. The van der Waals surface area contributed by atoms with Crippen molar-refractivity contribution < 1.29 is 13.9 Å². The number of halogens is 1. The van der Waals surface area contributed by atoms with Gasteiger partial charge in [-0.2, -0.15) is 4.68 Å². The van der Waals surface area contributed by atoms with Gasteiger partial charge in [0.05, 0.1) is 5.69 Å². The Morgan fingerprint density at radius 2 is 1.79 bits per heavy atom. The van der Waals surface area contributed by atoms with Crippen molar-refractivity contribution in [2.45, 2.75) is 26.9 Å². The zero-order valence-corrected chi connectivity index (χ0v) is 15.8. The first-order valence-electron chi connectivity index (χ1n) is 8.74. The lowest BCUT2D eigenvalue weighted by atomic mass is 10.1. The average molecular weight is 381 g/mol. The van der Waals surface area contributed by atoms with Gasteiger partial charge >= 0.3 is 0 Å². The molecular formula is C21H20FN3O3. The predicted molar refractivity (Wildman–Crippen MR) is 104 cm³/mol. The Morgan fingerprint density at radius 1 is 1.07 bits per heavy atom. The highest BCUT2D eigenvalue weighted by Crippen LogP contribution is 2.15. The van der Waals surface area contributed by atoms with Gasteiger partial charge in [-0.05, 0) is 68.3 Å². The number of rotatable bonds is 5. The van der Waals surface area contributed by atoms with E-state index in [4.69, 9.17) is 4.74 Å². The maximum absolute atomic E-state index is 13.1. The van der Waals surface area contributed by atoms with Gasteiger partial charge in [-0.3, -0.25) is 9.59 Å². The summed E-state index contributed by atoms with van der Waals surface area (Å²) in [5, 5.41) is 6.90. The molecule has 3 rings (SSSR count). The summed E-state index contributed by atoms with van der Waals surface area (Å²) in [6.45, 7) is 5.55. The van der Waals surface area contributed by atoms with Gasteiger partial charge in [0.25, 0.3) is 11.5 Å². The van der Waals surface area contributed by atoms with Crippen LogP contribution in [0.5, 0.6) is 5.88 Å². The molecule has 0 bridgehead atoms. The summed E-state index contributed by atoms with van der Waals surface area (Å²) in [4.78, 5) is 24.4. The Morgan fingerprint density at radius 3 is 2.46 bits per heavy atom. The minimum Gasteiger partial charge on any atom is -0.463 e. The third-order valence-electron chi connectivity index (χ3n) is 4.29. The van der Waals surface area contributed by atoms with Gasteiger partial charge in [0.15, 0.2) is 6.10 Å². The topological polar surface area (TPSA) is 73.2 Å². The summed E-state index contributed by atoms with van der Waals surface area (Å²) >= 11 is 0. The summed E-state index contributed by atoms with van der Waals surface area (Å²) < 4.78 is 19.8. The van der Waals surface area contributed by atoms with E-state index in [0.717, 1.165) is 15.8 Å². The van der Waals surface area contributed by atoms with Crippen LogP contribution >= 0.6 is 0 Å². The van der Waals surface area contributed by atoms with Crippen LogP contribution in [0, 0.1) is 19.7 Å². The number of ether oxygens (including phenoxy) is 1. The number of hydrogen-bond donors (Lipinski definition) is 1. The quantitative estimate of drug-likeness (QED) is 0.735. The average Bonchev–Trinajstić information content (AvgIpc) is 2.67. The fraction of sp³-hybridized carbons (Fsp3) is 0.190. The number of anilines is 1. The first kappa shape index (κ1) is 19.3. The Hall–Kier alpha value is -3.48. The Labute approximate surface area is 161 Å². The molecule has 7 heteroatoms. The highest BCUT2D eigenvalue weighted by atomic mass is 19.1. The molecule has 1 N–H and O–H groups in total. The van der Waals surface area contributed by atoms with Gasteiger partial charge in [0, 0.05) is 17.8 Å². The van der Waals surface area contributed by atoms with Gasteiger partial charge in [0.1, 0.15) is 5.82 Å². The van der Waals surface area contributed by atoms with Crippen LogP contribution in [0.2, 0.25) is 0 Å². The Balaban J connectivity index is 1.74. The number of carbonyl (C=O) groups excluding carboxylic acids is 1. The fourth-order valence-corrected chi connectivity index (χ4v) is 2.52. The van der Waals surface area contributed by atoms with Crippen LogP contribution in [-0.2, 0) is 4.79 Å². The second-order valence-corrected chi connectivity index (χ2v) is 6.45. The molecule has 0 saturated heterocycles. The molecule has 6 nitrogen and oxygen atoms in total. The van der Waals surface area contributed by atoms with E-state index in [0.29, 0.717) is 11.4 Å². The van der Waals surface area contributed by atoms with Crippen molar-refractivity contribution >= 4 is 11.6 Å². The zero-order valence-electron chi connectivity index (χ0n) is 15.8. The molecule has 2 aromatic carbocycles. The van der Waals surface area contributed by atoms with Crippen molar-refractivity contribution in [2.75, 3.05) is 5.32 Å². The lowest BCUT2D eigenvalue weighted by Crippen LogP contribution is -2.31. The molecule has 0 aliphatic rings. The Kier molecular flexibility index (Phi) is 5.54. The van der Waals surface area contributed by atoms with E-state index in [2.05, 4.69) is 10.4 Å². The standard InChI is InChI=1S/C21H20FN3O3/c1-13-4-7-17(12-14(13)2)23-21(27)15(3)28-19-10-11-20(26)25(24-19)18-8-5-16(22)6-9-18/h4-12,15H,1-3H3,(H,23,27)/t15-/m0/s1. The molecule has 0 fully saturated rings. The van der Waals surface area contributed by atoms with Crippen LogP contribution in [0.3, 0.4) is 0 Å². The fourth-order valence-electron chi connectivity index (χ4n) is 2.52. The maximum atomic E-state index is 13.1. The number of benzene rings is 2. The first-order chi connectivity index (χ1) is 13.3. The molecule has 1 heterocycles. The minimum absolute atomic E-state index is 0.103. The molecule has 3 aromatic rings. The molecule has 1 aromatic heterocycles. The third-order valence-corrected chi connectivity index (χ3v) is 4.29. The molecule has 0 saturated carbocycles. The summed E-state index contributed by atoms with van der Waals surface area (Å²) in [7, 11) is 0. The third kappa shape index (κ3) is 4.43. The largest absolute Gasteiger partial charge is 0.463 e. The molecule has 1 amide bonds. The molecule has 0 unspecified atom stereocenters. The number of nitrogens with one attached hydrogen (secondary N) is 1. The van der Waals surface area contributed by atoms with E-state index >= 15 is 0 Å². The number of nitrogens with zero attached hydrogens (tertiary/aromatic N) is 2. The van der Waals surface area contributed by atoms with Crippen molar-refractivity contribution in [3.05, 3.63) is 81.9 Å². The lowest BCUT2D eigenvalue weighted by molar-refractivity contribution is -0.122. The second kappa shape index (κ2) is 8.04. The van der Waals surface area contributed by atoms with Gasteiger partial charge < -0.3 is 10.1 Å². The molecule has 0 aliphatic heterocycles. The molecule has 1 atom stereocenters. The molecule has 0 aliphatic carbocycles. The van der Waals surface area contributed by atoms with Crippen LogP contribution in [0.1, 0.15) is 18.1 Å². The molecule has 28 heavy (non-hydrogen) atoms. The normalized spacial score (nSPS) is 11.7. The molecule has 0 radical (unpaired) electrons. The summed E-state index contributed by atoms with van der Waals surface area (Å²) in [6.07, 6.45) is -0.840.